The molecule has 0 spiro atoms. The average molecular weight is 273 g/mol. The van der Waals surface area contributed by atoms with E-state index in [1.807, 2.05) is 11.3 Å². The molecule has 2 aromatic rings. The minimum Gasteiger partial charge on any atom is -0.310 e. The first-order chi connectivity index (χ1) is 9.20. The van der Waals surface area contributed by atoms with Gasteiger partial charge in [0.15, 0.2) is 0 Å². The van der Waals surface area contributed by atoms with Crippen LogP contribution in [0.1, 0.15) is 41.0 Å². The van der Waals surface area contributed by atoms with E-state index in [0.29, 0.717) is 6.04 Å². The number of thiophene rings is 1. The van der Waals surface area contributed by atoms with Gasteiger partial charge < -0.3 is 5.32 Å². The van der Waals surface area contributed by atoms with Crippen molar-refractivity contribution < 1.29 is 0 Å². The minimum atomic E-state index is 0.436. The molecule has 0 bridgehead atoms. The quantitative estimate of drug-likeness (QED) is 0.808. The molecule has 1 aromatic heterocycles. The number of nitrogens with one attached hydrogen (secondary N) is 1. The Kier molecular flexibility index (Phi) is 5.17. The van der Waals surface area contributed by atoms with Gasteiger partial charge in [-0.05, 0) is 61.4 Å². The van der Waals surface area contributed by atoms with Crippen LogP contribution in [-0.4, -0.2) is 6.54 Å². The highest BCUT2D eigenvalue weighted by Gasteiger charge is 2.13. The Balaban J connectivity index is 2.16. The van der Waals surface area contributed by atoms with E-state index in [2.05, 4.69) is 61.8 Å². The van der Waals surface area contributed by atoms with Gasteiger partial charge in [0.25, 0.3) is 0 Å². The van der Waals surface area contributed by atoms with Crippen LogP contribution < -0.4 is 5.32 Å². The zero-order chi connectivity index (χ0) is 13.7. The molecule has 0 aliphatic rings. The molecule has 1 nitrogen and oxygen atoms in total. The molecule has 0 amide bonds. The summed E-state index contributed by atoms with van der Waals surface area (Å²) in [6, 6.07) is 11.4. The van der Waals surface area contributed by atoms with Gasteiger partial charge in [-0.15, -0.1) is 11.3 Å². The van der Waals surface area contributed by atoms with Crippen molar-refractivity contribution in [2.24, 2.45) is 0 Å². The van der Waals surface area contributed by atoms with E-state index in [9.17, 15) is 0 Å². The van der Waals surface area contributed by atoms with Crippen LogP contribution in [0, 0.1) is 13.8 Å². The smallest absolute Gasteiger partial charge is 0.0369 e. The van der Waals surface area contributed by atoms with Gasteiger partial charge in [-0.25, -0.2) is 0 Å². The third-order valence-corrected chi connectivity index (χ3v) is 4.36. The van der Waals surface area contributed by atoms with Crippen molar-refractivity contribution in [1.82, 2.24) is 5.32 Å². The van der Waals surface area contributed by atoms with E-state index < -0.39 is 0 Å². The summed E-state index contributed by atoms with van der Waals surface area (Å²) < 4.78 is 0. The van der Waals surface area contributed by atoms with Gasteiger partial charge in [-0.1, -0.05) is 31.2 Å². The van der Waals surface area contributed by atoms with Gasteiger partial charge in [0.1, 0.15) is 0 Å². The molecule has 0 saturated carbocycles. The number of aryl methyl sites for hydroxylation is 2. The van der Waals surface area contributed by atoms with Gasteiger partial charge in [-0.3, -0.25) is 0 Å². The summed E-state index contributed by atoms with van der Waals surface area (Å²) in [7, 11) is 0. The highest BCUT2D eigenvalue weighted by molar-refractivity contribution is 7.10. The van der Waals surface area contributed by atoms with Crippen LogP contribution in [0.5, 0.6) is 0 Å². The third-order valence-electron chi connectivity index (χ3n) is 3.48. The number of rotatable bonds is 6. The Labute approximate surface area is 120 Å². The molecule has 0 radical (unpaired) electrons. The second kappa shape index (κ2) is 6.88. The molecule has 0 aliphatic carbocycles. The van der Waals surface area contributed by atoms with Gasteiger partial charge in [0, 0.05) is 10.9 Å². The lowest BCUT2D eigenvalue weighted by Crippen LogP contribution is -2.24. The van der Waals surface area contributed by atoms with Crippen LogP contribution >= 0.6 is 11.3 Å². The normalized spacial score (nSPS) is 12.6. The fraction of sp³-hybridized carbons (Fsp3) is 0.412. The lowest BCUT2D eigenvalue weighted by Gasteiger charge is -2.19. The van der Waals surface area contributed by atoms with Crippen LogP contribution in [0.15, 0.2) is 35.7 Å². The maximum absolute atomic E-state index is 3.68. The Bertz CT molecular complexity index is 515. The van der Waals surface area contributed by atoms with E-state index in [1.165, 1.54) is 28.0 Å². The summed E-state index contributed by atoms with van der Waals surface area (Å²) >= 11 is 1.84. The van der Waals surface area contributed by atoms with Crippen molar-refractivity contribution in [1.29, 1.82) is 0 Å². The van der Waals surface area contributed by atoms with Crippen LogP contribution in [0.25, 0.3) is 0 Å². The summed E-state index contributed by atoms with van der Waals surface area (Å²) in [6.07, 6.45) is 2.25. The minimum absolute atomic E-state index is 0.436. The first-order valence-corrected chi connectivity index (χ1v) is 7.91. The molecule has 1 unspecified atom stereocenters. The van der Waals surface area contributed by atoms with Gasteiger partial charge in [-0.2, -0.15) is 0 Å². The second-order valence-corrected chi connectivity index (χ2v) is 6.24. The SMILES string of the molecule is CCCNC(Cc1ccccc1C)c1csc(C)c1. The molecular formula is C17H23NS. The Hall–Kier alpha value is -1.12. The van der Waals surface area contributed by atoms with E-state index >= 15 is 0 Å². The predicted octanol–water partition coefficient (Wildman–Crippen LogP) is 4.65. The van der Waals surface area contributed by atoms with Crippen molar-refractivity contribution in [3.8, 4) is 0 Å². The lowest BCUT2D eigenvalue weighted by atomic mass is 9.97. The molecule has 0 saturated heterocycles. The first-order valence-electron chi connectivity index (χ1n) is 7.03. The molecule has 2 rings (SSSR count). The Morgan fingerprint density at radius 3 is 2.63 bits per heavy atom. The maximum atomic E-state index is 3.68. The molecular weight excluding hydrogens is 250 g/mol. The Morgan fingerprint density at radius 1 is 1.21 bits per heavy atom. The summed E-state index contributed by atoms with van der Waals surface area (Å²) in [5, 5.41) is 5.97. The zero-order valence-corrected chi connectivity index (χ0v) is 12.9. The fourth-order valence-electron chi connectivity index (χ4n) is 2.33. The highest BCUT2D eigenvalue weighted by atomic mass is 32.1. The van der Waals surface area contributed by atoms with Crippen LogP contribution in [-0.2, 0) is 6.42 Å². The van der Waals surface area contributed by atoms with Crippen molar-refractivity contribution >= 4 is 11.3 Å². The fourth-order valence-corrected chi connectivity index (χ4v) is 3.09. The van der Waals surface area contributed by atoms with Gasteiger partial charge in [0.2, 0.25) is 0 Å². The molecule has 1 heterocycles. The van der Waals surface area contributed by atoms with Crippen molar-refractivity contribution in [2.45, 2.75) is 39.7 Å². The van der Waals surface area contributed by atoms with E-state index in [4.69, 9.17) is 0 Å². The topological polar surface area (TPSA) is 12.0 Å². The molecule has 0 aliphatic heterocycles. The van der Waals surface area contributed by atoms with E-state index in [1.54, 1.807) is 0 Å². The Morgan fingerprint density at radius 2 is 2.00 bits per heavy atom. The molecule has 19 heavy (non-hydrogen) atoms. The second-order valence-electron chi connectivity index (χ2n) is 5.13. The third kappa shape index (κ3) is 3.92. The maximum Gasteiger partial charge on any atom is 0.0369 e. The molecule has 1 aromatic carbocycles. The summed E-state index contributed by atoms with van der Waals surface area (Å²) in [5.41, 5.74) is 4.26. The molecule has 1 N–H and O–H groups in total. The summed E-state index contributed by atoms with van der Waals surface area (Å²) in [6.45, 7) is 7.67. The number of hydrogen-bond acceptors (Lipinski definition) is 2. The van der Waals surface area contributed by atoms with E-state index in [-0.39, 0.29) is 0 Å². The van der Waals surface area contributed by atoms with Crippen molar-refractivity contribution in [3.63, 3.8) is 0 Å². The average Bonchev–Trinajstić information content (AvgIpc) is 2.83. The number of benzene rings is 1. The standard InChI is InChI=1S/C17H23NS/c1-4-9-18-17(16-10-14(3)19-12-16)11-15-8-6-5-7-13(15)2/h5-8,10,12,17-18H,4,9,11H2,1-3H3. The number of hydrogen-bond donors (Lipinski definition) is 1. The van der Waals surface area contributed by atoms with Crippen molar-refractivity contribution in [3.05, 3.63) is 57.3 Å². The first kappa shape index (κ1) is 14.3. The van der Waals surface area contributed by atoms with Crippen LogP contribution in [0.2, 0.25) is 0 Å². The summed E-state index contributed by atoms with van der Waals surface area (Å²) in [5.74, 6) is 0. The predicted molar refractivity (Wildman–Crippen MR) is 85.0 cm³/mol. The van der Waals surface area contributed by atoms with Crippen molar-refractivity contribution in [2.75, 3.05) is 6.54 Å². The monoisotopic (exact) mass is 273 g/mol. The molecule has 0 fully saturated rings. The van der Waals surface area contributed by atoms with Crippen LogP contribution in [0.4, 0.5) is 0 Å². The van der Waals surface area contributed by atoms with E-state index in [0.717, 1.165) is 13.0 Å². The molecule has 1 atom stereocenters. The van der Waals surface area contributed by atoms with Crippen LogP contribution in [0.3, 0.4) is 0 Å². The highest BCUT2D eigenvalue weighted by Crippen LogP contribution is 2.24. The largest absolute Gasteiger partial charge is 0.310 e. The molecule has 2 heteroatoms. The van der Waals surface area contributed by atoms with Gasteiger partial charge >= 0.3 is 0 Å². The van der Waals surface area contributed by atoms with Gasteiger partial charge in [0.05, 0.1) is 0 Å². The zero-order valence-electron chi connectivity index (χ0n) is 12.1. The summed E-state index contributed by atoms with van der Waals surface area (Å²) in [4.78, 5) is 1.39. The molecule has 102 valence electrons. The lowest BCUT2D eigenvalue weighted by molar-refractivity contribution is 0.529.